The fraction of sp³-hybridized carbons (Fsp3) is 0.636. The minimum absolute atomic E-state index is 0.00503. The number of aromatic nitrogens is 6. The first-order valence-corrected chi connectivity index (χ1v) is 6.98. The van der Waals surface area contributed by atoms with Crippen LogP contribution in [-0.2, 0) is 19.8 Å². The lowest BCUT2D eigenvalue weighted by Gasteiger charge is -2.16. The molecule has 1 aliphatic heterocycles. The smallest absolute Gasteiger partial charge is 0.298 e. The van der Waals surface area contributed by atoms with Crippen LogP contribution in [0.15, 0.2) is 0 Å². The molecule has 22 heavy (non-hydrogen) atoms. The number of tetrazole rings is 1. The molecular weight excluding hydrogens is 323 g/mol. The van der Waals surface area contributed by atoms with Gasteiger partial charge >= 0.3 is 6.18 Å². The second-order valence-electron chi connectivity index (χ2n) is 5.23. The molecule has 3 rings (SSSR count). The van der Waals surface area contributed by atoms with Crippen molar-refractivity contribution in [1.29, 1.82) is 0 Å². The van der Waals surface area contributed by atoms with Crippen LogP contribution in [0.1, 0.15) is 29.4 Å². The predicted octanol–water partition coefficient (Wildman–Crippen LogP) is 1.59. The lowest BCUT2D eigenvalue weighted by molar-refractivity contribution is -0.142. The maximum absolute atomic E-state index is 13.0. The van der Waals surface area contributed by atoms with Crippen LogP contribution >= 0.6 is 11.6 Å². The first-order valence-electron chi connectivity index (χ1n) is 6.60. The standard InChI is InChI=1S/C11H13ClF3N7/c1-21-9(12)7(8(18-21)11(13,14)15)5-22-3-2-6(4-22)10-16-19-20-17-10/h6H,2-5H2,1H3,(H,16,17,19,20). The van der Waals surface area contributed by atoms with Gasteiger partial charge in [-0.3, -0.25) is 9.58 Å². The third-order valence-corrected chi connectivity index (χ3v) is 4.19. The molecule has 1 N–H and O–H groups in total. The van der Waals surface area contributed by atoms with Crippen molar-refractivity contribution in [3.05, 3.63) is 22.2 Å². The zero-order valence-corrected chi connectivity index (χ0v) is 12.4. The van der Waals surface area contributed by atoms with Crippen LogP contribution in [0.4, 0.5) is 13.2 Å². The minimum Gasteiger partial charge on any atom is -0.298 e. The number of aromatic amines is 1. The molecule has 1 aliphatic rings. The highest BCUT2D eigenvalue weighted by atomic mass is 35.5. The van der Waals surface area contributed by atoms with Gasteiger partial charge in [0, 0.05) is 31.6 Å². The third kappa shape index (κ3) is 2.80. The number of aryl methyl sites for hydroxylation is 1. The van der Waals surface area contributed by atoms with E-state index in [1.165, 1.54) is 7.05 Å². The van der Waals surface area contributed by atoms with Crippen LogP contribution in [0, 0.1) is 0 Å². The third-order valence-electron chi connectivity index (χ3n) is 3.72. The van der Waals surface area contributed by atoms with Gasteiger partial charge in [-0.1, -0.05) is 16.8 Å². The van der Waals surface area contributed by atoms with E-state index in [-0.39, 0.29) is 23.2 Å². The number of hydrogen-bond donors (Lipinski definition) is 1. The highest BCUT2D eigenvalue weighted by Gasteiger charge is 2.39. The molecule has 0 saturated carbocycles. The SMILES string of the molecule is Cn1nc(C(F)(F)F)c(CN2CCC(c3nn[nH]n3)C2)c1Cl. The lowest BCUT2D eigenvalue weighted by atomic mass is 10.1. The van der Waals surface area contributed by atoms with E-state index in [1.807, 2.05) is 4.90 Å². The van der Waals surface area contributed by atoms with Crippen molar-refractivity contribution in [3.8, 4) is 0 Å². The van der Waals surface area contributed by atoms with Gasteiger partial charge in [0.2, 0.25) is 0 Å². The normalized spacial score (nSPS) is 20.0. The highest BCUT2D eigenvalue weighted by molar-refractivity contribution is 6.30. The summed E-state index contributed by atoms with van der Waals surface area (Å²) in [5, 5.41) is 17.2. The van der Waals surface area contributed by atoms with E-state index in [0.29, 0.717) is 18.9 Å². The highest BCUT2D eigenvalue weighted by Crippen LogP contribution is 2.36. The number of rotatable bonds is 3. The number of H-pyrrole nitrogens is 1. The van der Waals surface area contributed by atoms with Gasteiger partial charge in [-0.2, -0.15) is 23.5 Å². The number of nitrogens with one attached hydrogen (secondary N) is 1. The van der Waals surface area contributed by atoms with Gasteiger partial charge in [0.05, 0.1) is 0 Å². The second-order valence-corrected chi connectivity index (χ2v) is 5.59. The van der Waals surface area contributed by atoms with Gasteiger partial charge in [0.15, 0.2) is 11.5 Å². The number of halogens is 4. The summed E-state index contributed by atoms with van der Waals surface area (Å²) in [5.74, 6) is 0.638. The molecule has 7 nitrogen and oxygen atoms in total. The molecule has 0 spiro atoms. The van der Waals surface area contributed by atoms with Crippen molar-refractivity contribution in [1.82, 2.24) is 35.3 Å². The summed E-state index contributed by atoms with van der Waals surface area (Å²) in [7, 11) is 1.40. The van der Waals surface area contributed by atoms with Gasteiger partial charge in [0.25, 0.3) is 0 Å². The molecule has 0 radical (unpaired) electrons. The topological polar surface area (TPSA) is 75.5 Å². The first kappa shape index (κ1) is 15.2. The maximum Gasteiger partial charge on any atom is 0.435 e. The molecule has 0 aliphatic carbocycles. The van der Waals surface area contributed by atoms with E-state index in [1.54, 1.807) is 0 Å². The van der Waals surface area contributed by atoms with Gasteiger partial charge in [0.1, 0.15) is 5.15 Å². The summed E-state index contributed by atoms with van der Waals surface area (Å²) in [6, 6.07) is 0. The van der Waals surface area contributed by atoms with Gasteiger partial charge in [-0.05, 0) is 13.0 Å². The van der Waals surface area contributed by atoms with Crippen LogP contribution < -0.4 is 0 Å². The summed E-state index contributed by atoms with van der Waals surface area (Å²) in [6.07, 6.45) is -3.76. The molecule has 11 heteroatoms. The largest absolute Gasteiger partial charge is 0.435 e. The molecule has 1 unspecified atom stereocenters. The Balaban J connectivity index is 1.77. The molecule has 1 atom stereocenters. The van der Waals surface area contributed by atoms with Crippen molar-refractivity contribution < 1.29 is 13.2 Å². The average molecular weight is 336 g/mol. The summed E-state index contributed by atoms with van der Waals surface area (Å²) < 4.78 is 40.1. The molecule has 1 saturated heterocycles. The number of nitrogens with zero attached hydrogens (tertiary/aromatic N) is 6. The lowest BCUT2D eigenvalue weighted by Crippen LogP contribution is -2.22. The Bertz CT molecular complexity index is 651. The average Bonchev–Trinajstić information content (AvgIpc) is 3.14. The van der Waals surface area contributed by atoms with Crippen molar-refractivity contribution >= 4 is 11.6 Å². The van der Waals surface area contributed by atoms with E-state index >= 15 is 0 Å². The van der Waals surface area contributed by atoms with Crippen molar-refractivity contribution in [2.75, 3.05) is 13.1 Å². The van der Waals surface area contributed by atoms with E-state index in [4.69, 9.17) is 11.6 Å². The fourth-order valence-electron chi connectivity index (χ4n) is 2.67. The summed E-state index contributed by atoms with van der Waals surface area (Å²) in [6.45, 7) is 1.29. The van der Waals surface area contributed by atoms with Crippen LogP contribution in [0.3, 0.4) is 0 Å². The Morgan fingerprint density at radius 1 is 1.41 bits per heavy atom. The van der Waals surface area contributed by atoms with Gasteiger partial charge < -0.3 is 0 Å². The number of alkyl halides is 3. The van der Waals surface area contributed by atoms with Gasteiger partial charge in [-0.25, -0.2) is 0 Å². The quantitative estimate of drug-likeness (QED) is 0.922. The Hall–Kier alpha value is -1.68. The molecule has 2 aromatic heterocycles. The second kappa shape index (κ2) is 5.51. The molecule has 3 heterocycles. The van der Waals surface area contributed by atoms with Gasteiger partial charge in [-0.15, -0.1) is 10.2 Å². The molecule has 2 aromatic rings. The summed E-state index contributed by atoms with van der Waals surface area (Å²) >= 11 is 5.97. The Kier molecular flexibility index (Phi) is 3.81. The molecule has 120 valence electrons. The fourth-order valence-corrected chi connectivity index (χ4v) is 2.86. The zero-order valence-electron chi connectivity index (χ0n) is 11.6. The minimum atomic E-state index is -4.52. The Labute approximate surface area is 128 Å². The maximum atomic E-state index is 13.0. The van der Waals surface area contributed by atoms with Crippen molar-refractivity contribution in [3.63, 3.8) is 0 Å². The summed E-state index contributed by atoms with van der Waals surface area (Å²) in [5.41, 5.74) is -0.923. The Morgan fingerprint density at radius 3 is 2.82 bits per heavy atom. The van der Waals surface area contributed by atoms with E-state index < -0.39 is 11.9 Å². The summed E-state index contributed by atoms with van der Waals surface area (Å²) in [4.78, 5) is 1.89. The predicted molar refractivity (Wildman–Crippen MR) is 70.0 cm³/mol. The molecule has 1 fully saturated rings. The van der Waals surface area contributed by atoms with E-state index in [0.717, 1.165) is 11.1 Å². The van der Waals surface area contributed by atoms with Crippen LogP contribution in [0.5, 0.6) is 0 Å². The van der Waals surface area contributed by atoms with Crippen molar-refractivity contribution in [2.45, 2.75) is 25.1 Å². The molecule has 0 bridgehead atoms. The van der Waals surface area contributed by atoms with Crippen LogP contribution in [0.2, 0.25) is 5.15 Å². The van der Waals surface area contributed by atoms with E-state index in [2.05, 4.69) is 25.7 Å². The number of likely N-dealkylation sites (tertiary alicyclic amines) is 1. The molecular formula is C11H13ClF3N7. The zero-order chi connectivity index (χ0) is 15.9. The monoisotopic (exact) mass is 335 g/mol. The van der Waals surface area contributed by atoms with Crippen LogP contribution in [0.25, 0.3) is 0 Å². The Morgan fingerprint density at radius 2 is 2.18 bits per heavy atom. The molecule has 0 amide bonds. The van der Waals surface area contributed by atoms with Crippen LogP contribution in [-0.4, -0.2) is 48.4 Å². The molecule has 0 aromatic carbocycles. The first-order chi connectivity index (χ1) is 10.4. The van der Waals surface area contributed by atoms with E-state index in [9.17, 15) is 13.2 Å². The van der Waals surface area contributed by atoms with Crippen molar-refractivity contribution in [2.24, 2.45) is 7.05 Å². The number of hydrogen-bond acceptors (Lipinski definition) is 5.